The zero-order chi connectivity index (χ0) is 30.2. The number of hydrogen-bond acceptors (Lipinski definition) is 2. The highest BCUT2D eigenvalue weighted by molar-refractivity contribution is 5.84. The number of carbonyl (C=O) groups excluding carboxylic acids is 2. The number of hydrogen-bond donors (Lipinski definition) is 0. The molecule has 0 aromatic carbocycles. The summed E-state index contributed by atoms with van der Waals surface area (Å²) in [4.78, 5) is 33.0. The SMILES string of the molecule is CCCCC(C)(CCCC)C(=O)N1CC2C=CC34C=C2C2(C=CC3(C=C2)CN(C(=O)C(C)(CCCC)CCCC)C4)C1. The third-order valence-corrected chi connectivity index (χ3v) is 11.9. The van der Waals surface area contributed by atoms with Crippen molar-refractivity contribution in [1.29, 1.82) is 0 Å². The number of fused-ring (bicyclic) bond motifs is 3. The lowest BCUT2D eigenvalue weighted by atomic mass is 9.63. The molecular formula is C38H58N2O2. The lowest BCUT2D eigenvalue weighted by Crippen LogP contribution is -2.54. The van der Waals surface area contributed by atoms with Crippen LogP contribution in [0.15, 0.2) is 48.1 Å². The van der Waals surface area contributed by atoms with Crippen LogP contribution in [0.3, 0.4) is 0 Å². The van der Waals surface area contributed by atoms with Gasteiger partial charge in [0.1, 0.15) is 0 Å². The van der Waals surface area contributed by atoms with E-state index in [0.29, 0.717) is 11.8 Å². The van der Waals surface area contributed by atoms with Crippen molar-refractivity contribution in [3.8, 4) is 0 Å². The predicted molar refractivity (Wildman–Crippen MR) is 174 cm³/mol. The zero-order valence-electron chi connectivity index (χ0n) is 27.6. The predicted octanol–water partition coefficient (Wildman–Crippen LogP) is 8.66. The Morgan fingerprint density at radius 3 is 1.67 bits per heavy atom. The van der Waals surface area contributed by atoms with Crippen LogP contribution in [0.2, 0.25) is 0 Å². The summed E-state index contributed by atoms with van der Waals surface area (Å²) in [5, 5.41) is 0. The maximum absolute atomic E-state index is 14.3. The van der Waals surface area contributed by atoms with Crippen molar-refractivity contribution in [3.63, 3.8) is 0 Å². The lowest BCUT2D eigenvalue weighted by molar-refractivity contribution is -0.144. The van der Waals surface area contributed by atoms with Gasteiger partial charge in [-0.3, -0.25) is 9.59 Å². The fraction of sp³-hybridized carbons (Fsp3) is 0.737. The first-order valence-corrected chi connectivity index (χ1v) is 17.5. The second-order valence-electron chi connectivity index (χ2n) is 15.2. The third kappa shape index (κ3) is 5.07. The molecule has 0 radical (unpaired) electrons. The van der Waals surface area contributed by atoms with Gasteiger partial charge in [-0.2, -0.15) is 0 Å². The van der Waals surface area contributed by atoms with Gasteiger partial charge in [0.2, 0.25) is 11.8 Å². The number of likely N-dealkylation sites (tertiary alicyclic amines) is 2. The van der Waals surface area contributed by atoms with Gasteiger partial charge in [0, 0.05) is 59.2 Å². The summed E-state index contributed by atoms with van der Waals surface area (Å²) in [6.07, 6.45) is 30.0. The van der Waals surface area contributed by atoms with Gasteiger partial charge in [-0.15, -0.1) is 0 Å². The van der Waals surface area contributed by atoms with E-state index in [1.165, 1.54) is 5.57 Å². The van der Waals surface area contributed by atoms with E-state index in [4.69, 9.17) is 0 Å². The van der Waals surface area contributed by atoms with Gasteiger partial charge in [-0.1, -0.05) is 135 Å². The highest BCUT2D eigenvalue weighted by Crippen LogP contribution is 2.63. The Balaban J connectivity index is 1.42. The molecule has 2 unspecified atom stereocenters. The van der Waals surface area contributed by atoms with E-state index in [1.807, 2.05) is 0 Å². The summed E-state index contributed by atoms with van der Waals surface area (Å²) in [5.41, 5.74) is 0.265. The molecular weight excluding hydrogens is 516 g/mol. The van der Waals surface area contributed by atoms with Gasteiger partial charge in [0.15, 0.2) is 0 Å². The molecule has 42 heavy (non-hydrogen) atoms. The van der Waals surface area contributed by atoms with Gasteiger partial charge in [-0.25, -0.2) is 0 Å². The molecule has 2 saturated heterocycles. The minimum atomic E-state index is -0.281. The zero-order valence-corrected chi connectivity index (χ0v) is 27.6. The van der Waals surface area contributed by atoms with Gasteiger partial charge >= 0.3 is 0 Å². The fourth-order valence-electron chi connectivity index (χ4n) is 8.97. The molecule has 2 aliphatic carbocycles. The smallest absolute Gasteiger partial charge is 0.228 e. The van der Waals surface area contributed by atoms with Crippen molar-refractivity contribution in [2.45, 2.75) is 119 Å². The topological polar surface area (TPSA) is 40.6 Å². The van der Waals surface area contributed by atoms with Crippen molar-refractivity contribution >= 4 is 11.8 Å². The van der Waals surface area contributed by atoms with E-state index < -0.39 is 0 Å². The van der Waals surface area contributed by atoms with Gasteiger partial charge in [0.05, 0.1) is 0 Å². The molecule has 4 rings (SSSR count). The molecule has 0 bridgehead atoms. The summed E-state index contributed by atoms with van der Waals surface area (Å²) in [7, 11) is 0. The maximum atomic E-state index is 14.3. The lowest BCUT2D eigenvalue weighted by Gasteiger charge is -2.48. The Morgan fingerprint density at radius 1 is 0.690 bits per heavy atom. The maximum Gasteiger partial charge on any atom is 0.228 e. The van der Waals surface area contributed by atoms with Crippen LogP contribution in [0.1, 0.15) is 119 Å². The molecule has 4 heteroatoms. The molecule has 4 nitrogen and oxygen atoms in total. The molecule has 2 aliphatic heterocycles. The van der Waals surface area contributed by atoms with Crippen molar-refractivity contribution in [2.75, 3.05) is 26.2 Å². The first kappa shape index (κ1) is 31.3. The molecule has 0 saturated carbocycles. The monoisotopic (exact) mass is 574 g/mol. The van der Waals surface area contributed by atoms with E-state index >= 15 is 0 Å². The van der Waals surface area contributed by atoms with Crippen molar-refractivity contribution in [3.05, 3.63) is 48.1 Å². The number of carbonyl (C=O) groups is 2. The second-order valence-corrected chi connectivity index (χ2v) is 15.2. The van der Waals surface area contributed by atoms with Gasteiger partial charge in [-0.05, 0) is 31.3 Å². The number of rotatable bonds is 14. The average molecular weight is 575 g/mol. The minimum Gasteiger partial charge on any atom is -0.340 e. The summed E-state index contributed by atoms with van der Waals surface area (Å²) in [5.74, 6) is 0.947. The molecule has 232 valence electrons. The van der Waals surface area contributed by atoms with Crippen molar-refractivity contribution in [1.82, 2.24) is 9.80 Å². The Labute approximate surface area is 256 Å². The Kier molecular flexibility index (Phi) is 8.78. The van der Waals surface area contributed by atoms with Crippen LogP contribution < -0.4 is 0 Å². The first-order valence-electron chi connectivity index (χ1n) is 17.5. The number of unbranched alkanes of at least 4 members (excludes halogenated alkanes) is 4. The summed E-state index contributed by atoms with van der Waals surface area (Å²) in [6.45, 7) is 16.4. The Hall–Kier alpha value is -2.10. The molecule has 2 atom stereocenters. The molecule has 0 aromatic heterocycles. The largest absolute Gasteiger partial charge is 0.340 e. The molecule has 0 aromatic rings. The quantitative estimate of drug-likeness (QED) is 0.195. The van der Waals surface area contributed by atoms with Gasteiger partial charge < -0.3 is 9.80 Å². The summed E-state index contributed by atoms with van der Waals surface area (Å²) in [6, 6.07) is 0. The fourth-order valence-corrected chi connectivity index (χ4v) is 8.97. The van der Waals surface area contributed by atoms with E-state index in [2.05, 4.69) is 93.9 Å². The number of amides is 2. The van der Waals surface area contributed by atoms with Crippen LogP contribution >= 0.6 is 0 Å². The van der Waals surface area contributed by atoms with Crippen LogP contribution in [0, 0.1) is 33.0 Å². The second kappa shape index (κ2) is 11.8. The van der Waals surface area contributed by atoms with Crippen molar-refractivity contribution in [2.24, 2.45) is 33.0 Å². The van der Waals surface area contributed by atoms with E-state index in [0.717, 1.165) is 103 Å². The minimum absolute atomic E-state index is 0.195. The number of piperidine rings is 1. The van der Waals surface area contributed by atoms with Crippen LogP contribution in [0.5, 0.6) is 0 Å². The summed E-state index contributed by atoms with van der Waals surface area (Å²) >= 11 is 0. The first-order chi connectivity index (χ1) is 20.1. The van der Waals surface area contributed by atoms with Gasteiger partial charge in [0.25, 0.3) is 0 Å². The highest BCUT2D eigenvalue weighted by Gasteiger charge is 2.61. The van der Waals surface area contributed by atoms with Crippen molar-refractivity contribution < 1.29 is 9.59 Å². The van der Waals surface area contributed by atoms with Crippen LogP contribution in [-0.4, -0.2) is 47.8 Å². The highest BCUT2D eigenvalue weighted by atomic mass is 16.2. The molecule has 3 spiro atoms. The molecule has 4 aliphatic rings. The van der Waals surface area contributed by atoms with E-state index in [1.54, 1.807) is 0 Å². The molecule has 2 heterocycles. The Bertz CT molecular complexity index is 1090. The number of nitrogens with zero attached hydrogens (tertiary/aromatic N) is 2. The van der Waals surface area contributed by atoms with Crippen LogP contribution in [0.25, 0.3) is 0 Å². The van der Waals surface area contributed by atoms with Crippen LogP contribution in [0.4, 0.5) is 0 Å². The standard InChI is InChI=1S/C38H58N2O2/c1-7-11-16-34(5,17-12-8-2)32(41)39-26-30-15-20-38-25-31(30)36(27-39)21-23-37(38,24-22-36)28-40(29-38)33(42)35(6,18-13-9-3)19-14-10-4/h15,20-25,30H,7-14,16-19,26-29H2,1-6H3. The molecule has 0 N–H and O–H groups in total. The normalized spacial score (nSPS) is 30.9. The molecule has 2 fully saturated rings. The molecule has 2 amide bonds. The van der Waals surface area contributed by atoms with E-state index in [9.17, 15) is 9.59 Å². The third-order valence-electron chi connectivity index (χ3n) is 11.9. The van der Waals surface area contributed by atoms with Crippen LogP contribution in [-0.2, 0) is 9.59 Å². The summed E-state index contributed by atoms with van der Waals surface area (Å²) < 4.78 is 0. The van der Waals surface area contributed by atoms with E-state index in [-0.39, 0.29) is 33.0 Å². The Morgan fingerprint density at radius 2 is 1.17 bits per heavy atom. The average Bonchev–Trinajstić information content (AvgIpc) is 3.19.